The Balaban J connectivity index is 2.09. The molecule has 4 nitrogen and oxygen atoms in total. The van der Waals surface area contributed by atoms with Gasteiger partial charge >= 0.3 is 6.03 Å². The smallest absolute Gasteiger partial charge is 0.325 e. The summed E-state index contributed by atoms with van der Waals surface area (Å²) < 4.78 is 0. The predicted molar refractivity (Wildman–Crippen MR) is 75.0 cm³/mol. The second kappa shape index (κ2) is 5.17. The number of imide groups is 1. The molecule has 0 atom stereocenters. The number of hydrogen-bond donors (Lipinski definition) is 1. The van der Waals surface area contributed by atoms with Gasteiger partial charge in [-0.25, -0.2) is 4.79 Å². The lowest BCUT2D eigenvalue weighted by atomic mass is 9.97. The number of amides is 3. The van der Waals surface area contributed by atoms with Crippen LogP contribution in [0.3, 0.4) is 0 Å². The van der Waals surface area contributed by atoms with Crippen LogP contribution in [-0.4, -0.2) is 23.4 Å². The largest absolute Gasteiger partial charge is 0.329 e. The summed E-state index contributed by atoms with van der Waals surface area (Å²) >= 11 is 0. The standard InChI is InChI=1S/C16H14N2O2/c19-14-11-17-16(20)18(14)15(12-7-3-1-4-8-12)13-9-5-2-6-10-13/h1-10,15H,11H2,(H,17,20). The Morgan fingerprint density at radius 2 is 1.35 bits per heavy atom. The fraction of sp³-hybridized carbons (Fsp3) is 0.125. The quantitative estimate of drug-likeness (QED) is 0.867. The molecular formula is C16H14N2O2. The van der Waals surface area contributed by atoms with Crippen LogP contribution >= 0.6 is 0 Å². The molecule has 0 aliphatic carbocycles. The van der Waals surface area contributed by atoms with E-state index in [1.54, 1.807) is 0 Å². The van der Waals surface area contributed by atoms with E-state index in [1.165, 1.54) is 4.90 Å². The molecular weight excluding hydrogens is 252 g/mol. The molecule has 1 aliphatic rings. The number of carbonyl (C=O) groups is 2. The van der Waals surface area contributed by atoms with Crippen molar-refractivity contribution in [1.29, 1.82) is 0 Å². The Morgan fingerprint density at radius 3 is 1.75 bits per heavy atom. The predicted octanol–water partition coefficient (Wildman–Crippen LogP) is 2.33. The summed E-state index contributed by atoms with van der Waals surface area (Å²) in [5, 5.41) is 2.58. The second-order valence-electron chi connectivity index (χ2n) is 4.65. The third-order valence-corrected chi connectivity index (χ3v) is 3.37. The molecule has 0 saturated carbocycles. The molecule has 1 saturated heterocycles. The minimum Gasteiger partial charge on any atom is -0.329 e. The molecule has 100 valence electrons. The molecule has 20 heavy (non-hydrogen) atoms. The first-order valence-electron chi connectivity index (χ1n) is 6.47. The van der Waals surface area contributed by atoms with Gasteiger partial charge in [-0.3, -0.25) is 9.69 Å². The third kappa shape index (κ3) is 2.16. The van der Waals surface area contributed by atoms with Crippen LogP contribution in [-0.2, 0) is 4.79 Å². The van der Waals surface area contributed by atoms with Crippen LogP contribution in [0.15, 0.2) is 60.7 Å². The number of rotatable bonds is 3. The number of nitrogens with one attached hydrogen (secondary N) is 1. The van der Waals surface area contributed by atoms with Crippen molar-refractivity contribution in [3.63, 3.8) is 0 Å². The van der Waals surface area contributed by atoms with E-state index in [-0.39, 0.29) is 24.5 Å². The summed E-state index contributed by atoms with van der Waals surface area (Å²) in [4.78, 5) is 25.3. The Kier molecular flexibility index (Phi) is 3.21. The van der Waals surface area contributed by atoms with Crippen molar-refractivity contribution in [3.8, 4) is 0 Å². The zero-order chi connectivity index (χ0) is 13.9. The van der Waals surface area contributed by atoms with Gasteiger partial charge < -0.3 is 5.32 Å². The van der Waals surface area contributed by atoms with Gasteiger partial charge in [0.1, 0.15) is 0 Å². The molecule has 1 aliphatic heterocycles. The van der Waals surface area contributed by atoms with Gasteiger partial charge in [0.15, 0.2) is 0 Å². The van der Waals surface area contributed by atoms with E-state index >= 15 is 0 Å². The number of carbonyl (C=O) groups excluding carboxylic acids is 2. The topological polar surface area (TPSA) is 49.4 Å². The van der Waals surface area contributed by atoms with Crippen molar-refractivity contribution in [2.45, 2.75) is 6.04 Å². The van der Waals surface area contributed by atoms with Crippen molar-refractivity contribution in [2.24, 2.45) is 0 Å². The molecule has 4 heteroatoms. The van der Waals surface area contributed by atoms with Gasteiger partial charge in [0.25, 0.3) is 5.91 Å². The van der Waals surface area contributed by atoms with Crippen LogP contribution in [0, 0.1) is 0 Å². The Bertz CT molecular complexity index is 570. The highest BCUT2D eigenvalue weighted by Crippen LogP contribution is 2.29. The fourth-order valence-electron chi connectivity index (χ4n) is 2.46. The zero-order valence-electron chi connectivity index (χ0n) is 10.8. The van der Waals surface area contributed by atoms with E-state index in [4.69, 9.17) is 0 Å². The zero-order valence-corrected chi connectivity index (χ0v) is 10.8. The number of nitrogens with zero attached hydrogens (tertiary/aromatic N) is 1. The lowest BCUT2D eigenvalue weighted by molar-refractivity contribution is -0.126. The highest BCUT2D eigenvalue weighted by molar-refractivity contribution is 6.02. The molecule has 1 N–H and O–H groups in total. The average Bonchev–Trinajstić information content (AvgIpc) is 2.82. The highest BCUT2D eigenvalue weighted by Gasteiger charge is 2.36. The molecule has 3 rings (SSSR count). The molecule has 1 fully saturated rings. The highest BCUT2D eigenvalue weighted by atomic mass is 16.2. The summed E-state index contributed by atoms with van der Waals surface area (Å²) in [6.07, 6.45) is 0. The Hall–Kier alpha value is -2.62. The summed E-state index contributed by atoms with van der Waals surface area (Å²) in [5.74, 6) is -0.201. The molecule has 2 aromatic rings. The van der Waals surface area contributed by atoms with E-state index in [0.717, 1.165) is 11.1 Å². The first kappa shape index (κ1) is 12.4. The second-order valence-corrected chi connectivity index (χ2v) is 4.65. The summed E-state index contributed by atoms with van der Waals surface area (Å²) in [5.41, 5.74) is 1.84. The SMILES string of the molecule is O=C1CNC(=O)N1C(c1ccccc1)c1ccccc1. The minimum atomic E-state index is -0.382. The summed E-state index contributed by atoms with van der Waals surface area (Å²) in [7, 11) is 0. The molecule has 0 spiro atoms. The Labute approximate surface area is 117 Å². The van der Waals surface area contributed by atoms with Crippen LogP contribution in [0.4, 0.5) is 4.79 Å². The van der Waals surface area contributed by atoms with Crippen molar-refractivity contribution in [2.75, 3.05) is 6.54 Å². The van der Waals surface area contributed by atoms with Crippen molar-refractivity contribution >= 4 is 11.9 Å². The molecule has 0 aromatic heterocycles. The van der Waals surface area contributed by atoms with Crippen molar-refractivity contribution < 1.29 is 9.59 Å². The summed E-state index contributed by atoms with van der Waals surface area (Å²) in [6.45, 7) is 0.0645. The van der Waals surface area contributed by atoms with Gasteiger partial charge in [0.2, 0.25) is 0 Å². The van der Waals surface area contributed by atoms with Crippen LogP contribution in [0.5, 0.6) is 0 Å². The maximum atomic E-state index is 12.0. The maximum Gasteiger partial charge on any atom is 0.325 e. The average molecular weight is 266 g/mol. The van der Waals surface area contributed by atoms with E-state index in [9.17, 15) is 9.59 Å². The lowest BCUT2D eigenvalue weighted by Crippen LogP contribution is -2.35. The first-order chi connectivity index (χ1) is 9.77. The van der Waals surface area contributed by atoms with Crippen LogP contribution in [0.2, 0.25) is 0 Å². The third-order valence-electron chi connectivity index (χ3n) is 3.37. The van der Waals surface area contributed by atoms with E-state index in [0.29, 0.717) is 0 Å². The van der Waals surface area contributed by atoms with Gasteiger partial charge in [-0.1, -0.05) is 60.7 Å². The first-order valence-corrected chi connectivity index (χ1v) is 6.47. The fourth-order valence-corrected chi connectivity index (χ4v) is 2.46. The van der Waals surface area contributed by atoms with Gasteiger partial charge in [0, 0.05) is 0 Å². The van der Waals surface area contributed by atoms with Gasteiger partial charge in [-0.15, -0.1) is 0 Å². The van der Waals surface area contributed by atoms with Gasteiger partial charge in [-0.05, 0) is 11.1 Å². The van der Waals surface area contributed by atoms with Crippen LogP contribution < -0.4 is 5.32 Å². The number of benzene rings is 2. The molecule has 1 heterocycles. The Morgan fingerprint density at radius 1 is 0.850 bits per heavy atom. The molecule has 0 unspecified atom stereocenters. The molecule has 2 aromatic carbocycles. The van der Waals surface area contributed by atoms with Gasteiger partial charge in [0.05, 0.1) is 12.6 Å². The molecule has 3 amide bonds. The molecule has 0 bridgehead atoms. The number of hydrogen-bond acceptors (Lipinski definition) is 2. The summed E-state index contributed by atoms with van der Waals surface area (Å²) in [6, 6.07) is 18.4. The monoisotopic (exact) mass is 266 g/mol. The molecule has 0 radical (unpaired) electrons. The van der Waals surface area contributed by atoms with E-state index < -0.39 is 0 Å². The van der Waals surface area contributed by atoms with E-state index in [2.05, 4.69) is 5.32 Å². The number of urea groups is 1. The van der Waals surface area contributed by atoms with Gasteiger partial charge in [-0.2, -0.15) is 0 Å². The van der Waals surface area contributed by atoms with Crippen LogP contribution in [0.25, 0.3) is 0 Å². The normalized spacial score (nSPS) is 14.8. The minimum absolute atomic E-state index is 0.0645. The lowest BCUT2D eigenvalue weighted by Gasteiger charge is -2.26. The van der Waals surface area contributed by atoms with Crippen molar-refractivity contribution in [3.05, 3.63) is 71.8 Å². The van der Waals surface area contributed by atoms with E-state index in [1.807, 2.05) is 60.7 Å². The maximum absolute atomic E-state index is 12.0. The van der Waals surface area contributed by atoms with Crippen LogP contribution in [0.1, 0.15) is 17.2 Å². The van der Waals surface area contributed by atoms with Crippen molar-refractivity contribution in [1.82, 2.24) is 10.2 Å².